The number of alkyl halides is 2. The Morgan fingerprint density at radius 2 is 2.00 bits per heavy atom. The van der Waals surface area contributed by atoms with Gasteiger partial charge in [-0.3, -0.25) is 9.48 Å². The fourth-order valence-corrected chi connectivity index (χ4v) is 4.27. The number of carbonyl (C=O) groups is 2. The van der Waals surface area contributed by atoms with Crippen LogP contribution in [0.5, 0.6) is 5.88 Å². The third-order valence-electron chi connectivity index (χ3n) is 6.04. The Morgan fingerprint density at radius 3 is 2.65 bits per heavy atom. The molecule has 0 unspecified atom stereocenters. The van der Waals surface area contributed by atoms with Crippen molar-refractivity contribution >= 4 is 28.8 Å². The lowest BCUT2D eigenvalue weighted by molar-refractivity contribution is -0.112. The summed E-state index contributed by atoms with van der Waals surface area (Å²) >= 11 is 0. The maximum atomic E-state index is 12.8. The van der Waals surface area contributed by atoms with Gasteiger partial charge in [-0.1, -0.05) is 6.07 Å². The van der Waals surface area contributed by atoms with Crippen LogP contribution in [0.1, 0.15) is 61.6 Å². The molecule has 0 spiro atoms. The van der Waals surface area contributed by atoms with Crippen molar-refractivity contribution in [3.8, 4) is 5.88 Å². The molecule has 1 saturated carbocycles. The van der Waals surface area contributed by atoms with Crippen LogP contribution >= 0.6 is 0 Å². The van der Waals surface area contributed by atoms with E-state index in [1.54, 1.807) is 26.0 Å². The van der Waals surface area contributed by atoms with Gasteiger partial charge in [0.1, 0.15) is 12.0 Å². The Labute approximate surface area is 194 Å². The van der Waals surface area contributed by atoms with Crippen molar-refractivity contribution in [3.05, 3.63) is 47.8 Å². The number of nitrogens with zero attached hydrogens (tertiary/aromatic N) is 3. The van der Waals surface area contributed by atoms with Crippen molar-refractivity contribution in [2.45, 2.75) is 57.8 Å². The van der Waals surface area contributed by atoms with Crippen LogP contribution in [-0.4, -0.2) is 38.7 Å². The van der Waals surface area contributed by atoms with Gasteiger partial charge in [-0.05, 0) is 57.7 Å². The van der Waals surface area contributed by atoms with Crippen molar-refractivity contribution in [2.24, 2.45) is 5.92 Å². The predicted octanol–water partition coefficient (Wildman–Crippen LogP) is 4.44. The number of hydrogen-bond acceptors (Lipinski definition) is 6. The highest BCUT2D eigenvalue weighted by atomic mass is 19.3. The van der Waals surface area contributed by atoms with Crippen LogP contribution in [0, 0.1) is 5.92 Å². The van der Waals surface area contributed by atoms with Gasteiger partial charge in [0, 0.05) is 34.8 Å². The van der Waals surface area contributed by atoms with Gasteiger partial charge in [-0.2, -0.15) is 13.9 Å². The summed E-state index contributed by atoms with van der Waals surface area (Å²) < 4.78 is 31.1. The molecule has 0 saturated heterocycles. The monoisotopic (exact) mass is 472 g/mol. The average molecular weight is 472 g/mol. The minimum Gasteiger partial charge on any atom is -0.417 e. The number of aldehydes is 1. The van der Waals surface area contributed by atoms with E-state index in [2.05, 4.69) is 20.1 Å². The molecular formula is C24H26F2N4O4. The van der Waals surface area contributed by atoms with E-state index < -0.39 is 18.1 Å². The molecule has 10 heteroatoms. The summed E-state index contributed by atoms with van der Waals surface area (Å²) in [6, 6.07) is 7.62. The number of ether oxygens (including phenoxy) is 1. The molecular weight excluding hydrogens is 446 g/mol. The molecule has 180 valence electrons. The van der Waals surface area contributed by atoms with Gasteiger partial charge in [-0.25, -0.2) is 4.98 Å². The quantitative estimate of drug-likeness (QED) is 0.493. The number of carbonyl (C=O) groups excluding carboxylic acids is 2. The van der Waals surface area contributed by atoms with Crippen molar-refractivity contribution < 1.29 is 28.2 Å². The summed E-state index contributed by atoms with van der Waals surface area (Å²) in [5.74, 6) is -0.904. The molecule has 8 nitrogen and oxygen atoms in total. The summed E-state index contributed by atoms with van der Waals surface area (Å²) in [6.07, 6.45) is 6.25. The maximum Gasteiger partial charge on any atom is 0.388 e. The number of nitrogens with one attached hydrogen (secondary N) is 1. The number of halogens is 2. The van der Waals surface area contributed by atoms with Crippen LogP contribution in [0.2, 0.25) is 0 Å². The largest absolute Gasteiger partial charge is 0.417 e. The summed E-state index contributed by atoms with van der Waals surface area (Å²) in [5, 5.41) is 18.9. The summed E-state index contributed by atoms with van der Waals surface area (Å²) in [5.41, 5.74) is 0.0662. The molecule has 2 heterocycles. The van der Waals surface area contributed by atoms with Crippen LogP contribution in [0.25, 0.3) is 10.9 Å². The molecule has 2 aromatic heterocycles. The number of aliphatic hydroxyl groups is 1. The van der Waals surface area contributed by atoms with Crippen LogP contribution < -0.4 is 10.1 Å². The van der Waals surface area contributed by atoms with Gasteiger partial charge in [0.05, 0.1) is 17.2 Å². The highest BCUT2D eigenvalue weighted by molar-refractivity contribution is 6.04. The van der Waals surface area contributed by atoms with Crippen LogP contribution in [0.3, 0.4) is 0 Å². The van der Waals surface area contributed by atoms with E-state index in [-0.39, 0.29) is 23.5 Å². The van der Waals surface area contributed by atoms with Gasteiger partial charge in [0.25, 0.3) is 5.91 Å². The zero-order chi connectivity index (χ0) is 24.5. The zero-order valence-electron chi connectivity index (χ0n) is 18.9. The van der Waals surface area contributed by atoms with Gasteiger partial charge >= 0.3 is 6.61 Å². The molecule has 2 N–H and O–H groups in total. The van der Waals surface area contributed by atoms with Crippen molar-refractivity contribution in [2.75, 3.05) is 5.32 Å². The molecule has 34 heavy (non-hydrogen) atoms. The van der Waals surface area contributed by atoms with E-state index >= 15 is 0 Å². The van der Waals surface area contributed by atoms with E-state index in [9.17, 15) is 23.5 Å². The number of aromatic nitrogens is 3. The van der Waals surface area contributed by atoms with Gasteiger partial charge in [0.15, 0.2) is 0 Å². The van der Waals surface area contributed by atoms with E-state index in [0.717, 1.165) is 37.4 Å². The number of anilines is 1. The Bertz CT molecular complexity index is 1200. The molecule has 1 aliphatic carbocycles. The average Bonchev–Trinajstić information content (AvgIpc) is 3.21. The fourth-order valence-electron chi connectivity index (χ4n) is 4.27. The second-order valence-electron chi connectivity index (χ2n) is 9.02. The van der Waals surface area contributed by atoms with Crippen molar-refractivity contribution in [1.29, 1.82) is 0 Å². The van der Waals surface area contributed by atoms with Crippen molar-refractivity contribution in [3.63, 3.8) is 0 Å². The highest BCUT2D eigenvalue weighted by Crippen LogP contribution is 2.35. The lowest BCUT2D eigenvalue weighted by Gasteiger charge is -2.25. The molecule has 3 aromatic rings. The molecule has 1 aliphatic rings. The first kappa shape index (κ1) is 23.7. The van der Waals surface area contributed by atoms with Crippen LogP contribution in [0.15, 0.2) is 36.5 Å². The topological polar surface area (TPSA) is 106 Å². The molecule has 1 aromatic carbocycles. The molecule has 0 radical (unpaired) electrons. The lowest BCUT2D eigenvalue weighted by atomic mass is 9.87. The smallest absolute Gasteiger partial charge is 0.388 e. The Kier molecular flexibility index (Phi) is 6.60. The second kappa shape index (κ2) is 9.46. The highest BCUT2D eigenvalue weighted by Gasteiger charge is 2.26. The number of amides is 1. The number of hydrogen-bond donors (Lipinski definition) is 2. The zero-order valence-corrected chi connectivity index (χ0v) is 18.9. The fraction of sp³-hybridized carbons (Fsp3) is 0.417. The van der Waals surface area contributed by atoms with E-state index in [4.69, 9.17) is 0 Å². The summed E-state index contributed by atoms with van der Waals surface area (Å²) in [4.78, 5) is 27.7. The second-order valence-corrected chi connectivity index (χ2v) is 9.02. The summed E-state index contributed by atoms with van der Waals surface area (Å²) in [6.45, 7) is 0.133. The predicted molar refractivity (Wildman–Crippen MR) is 121 cm³/mol. The minimum absolute atomic E-state index is 0.100. The first-order valence-electron chi connectivity index (χ1n) is 11.1. The van der Waals surface area contributed by atoms with Crippen molar-refractivity contribution in [1.82, 2.24) is 14.8 Å². The van der Waals surface area contributed by atoms with E-state index in [0.29, 0.717) is 16.8 Å². The van der Waals surface area contributed by atoms with Crippen LogP contribution in [0.4, 0.5) is 14.5 Å². The van der Waals surface area contributed by atoms with E-state index in [1.165, 1.54) is 18.2 Å². The number of rotatable bonds is 7. The molecule has 1 fully saturated rings. The molecule has 4 rings (SSSR count). The SMILES string of the molecule is CC(C)(O)c1cc2nn([C@H]3CC[C@H](C=O)CC3)cc2cc1NC(=O)c1cccc(OC(F)F)n1. The summed E-state index contributed by atoms with van der Waals surface area (Å²) in [7, 11) is 0. The Morgan fingerprint density at radius 1 is 1.26 bits per heavy atom. The standard InChI is InChI=1S/C24H26F2N4O4/c1-24(2,33)17-11-19-15(12-30(29-19)16-8-6-14(13-31)7-9-16)10-20(17)28-22(32)18-4-3-5-21(27-18)34-23(25)26/h3-5,10-14,16,23,33H,6-9H2,1-2H3,(H,28,32)/t14-,16-. The van der Waals surface area contributed by atoms with E-state index in [1.807, 2.05) is 10.9 Å². The number of fused-ring (bicyclic) bond motifs is 1. The number of benzene rings is 1. The third-order valence-corrected chi connectivity index (χ3v) is 6.04. The molecule has 0 atom stereocenters. The minimum atomic E-state index is -3.06. The molecule has 0 aliphatic heterocycles. The van der Waals surface area contributed by atoms with Crippen LogP contribution in [-0.2, 0) is 10.4 Å². The Balaban J connectivity index is 1.63. The first-order valence-corrected chi connectivity index (χ1v) is 11.1. The van der Waals surface area contributed by atoms with Gasteiger partial charge in [0.2, 0.25) is 5.88 Å². The first-order chi connectivity index (χ1) is 16.1. The third kappa shape index (κ3) is 5.22. The maximum absolute atomic E-state index is 12.8. The number of pyridine rings is 1. The normalized spacial score (nSPS) is 18.8. The molecule has 0 bridgehead atoms. The molecule has 1 amide bonds. The van der Waals surface area contributed by atoms with Gasteiger partial charge in [-0.15, -0.1) is 0 Å². The van der Waals surface area contributed by atoms with Gasteiger partial charge < -0.3 is 20.0 Å². The lowest BCUT2D eigenvalue weighted by Crippen LogP contribution is -2.21. The Hall–Kier alpha value is -3.40.